The maximum atomic E-state index is 13.0. The zero-order chi connectivity index (χ0) is 25.9. The summed E-state index contributed by atoms with van der Waals surface area (Å²) >= 11 is 0. The molecule has 2 aromatic heterocycles. The Labute approximate surface area is 210 Å². The van der Waals surface area contributed by atoms with Crippen LogP contribution in [0.2, 0.25) is 0 Å². The highest BCUT2D eigenvalue weighted by Gasteiger charge is 2.30. The molecule has 0 unspecified atom stereocenters. The standard InChI is InChI=1S/C26H36F3N7/c1-17(2)35(18(3)4)15-14-30-23-22-24(36(16-31-22)21-8-6-5-7-9-21)34-25(33-23)32-20-12-10-19(11-13-20)26(27,28)29/h10-13,16-18,21H,5-9,14-15H2,1-4H3,(H2,30,32,33,34). The summed E-state index contributed by atoms with van der Waals surface area (Å²) < 4.78 is 41.0. The van der Waals surface area contributed by atoms with Gasteiger partial charge in [-0.15, -0.1) is 0 Å². The maximum Gasteiger partial charge on any atom is 0.416 e. The lowest BCUT2D eigenvalue weighted by Gasteiger charge is -2.30. The van der Waals surface area contributed by atoms with Gasteiger partial charge < -0.3 is 15.2 Å². The third-order valence-corrected chi connectivity index (χ3v) is 6.85. The number of imidazole rings is 1. The van der Waals surface area contributed by atoms with Crippen LogP contribution in [0.3, 0.4) is 0 Å². The van der Waals surface area contributed by atoms with Crippen molar-refractivity contribution in [1.29, 1.82) is 0 Å². The van der Waals surface area contributed by atoms with Crippen molar-refractivity contribution in [2.75, 3.05) is 23.7 Å². The molecule has 0 amide bonds. The van der Waals surface area contributed by atoms with Crippen molar-refractivity contribution >= 4 is 28.6 Å². The second-order valence-corrected chi connectivity index (χ2v) is 10.1. The molecule has 0 radical (unpaired) electrons. The molecular weight excluding hydrogens is 467 g/mol. The Hall–Kier alpha value is -2.88. The molecule has 4 rings (SSSR count). The molecule has 0 spiro atoms. The first kappa shape index (κ1) is 26.2. The quantitative estimate of drug-likeness (QED) is 0.342. The van der Waals surface area contributed by atoms with Gasteiger partial charge in [0.05, 0.1) is 11.9 Å². The molecule has 1 fully saturated rings. The van der Waals surface area contributed by atoms with Crippen molar-refractivity contribution in [3.8, 4) is 0 Å². The van der Waals surface area contributed by atoms with E-state index in [0.29, 0.717) is 47.6 Å². The summed E-state index contributed by atoms with van der Waals surface area (Å²) in [5.41, 5.74) is 1.24. The molecule has 3 aromatic rings. The van der Waals surface area contributed by atoms with Crippen LogP contribution in [-0.2, 0) is 6.18 Å². The predicted octanol–water partition coefficient (Wildman–Crippen LogP) is 6.62. The van der Waals surface area contributed by atoms with Crippen LogP contribution in [0.15, 0.2) is 30.6 Å². The van der Waals surface area contributed by atoms with Crippen LogP contribution in [0, 0.1) is 0 Å². The number of hydrogen-bond acceptors (Lipinski definition) is 6. The van der Waals surface area contributed by atoms with E-state index in [9.17, 15) is 13.2 Å². The third-order valence-electron chi connectivity index (χ3n) is 6.85. The molecule has 1 aliphatic rings. The molecule has 0 saturated heterocycles. The number of hydrogen-bond donors (Lipinski definition) is 2. The van der Waals surface area contributed by atoms with E-state index in [4.69, 9.17) is 4.98 Å². The van der Waals surface area contributed by atoms with E-state index in [0.717, 1.165) is 37.2 Å². The lowest BCUT2D eigenvalue weighted by molar-refractivity contribution is -0.137. The third kappa shape index (κ3) is 6.08. The number of rotatable bonds is 9. The Morgan fingerprint density at radius 1 is 1.00 bits per heavy atom. The fourth-order valence-electron chi connectivity index (χ4n) is 5.01. The van der Waals surface area contributed by atoms with Gasteiger partial charge in [-0.1, -0.05) is 19.3 Å². The number of halogens is 3. The fraction of sp³-hybridized carbons (Fsp3) is 0.577. The van der Waals surface area contributed by atoms with Gasteiger partial charge >= 0.3 is 6.18 Å². The number of alkyl halides is 3. The summed E-state index contributed by atoms with van der Waals surface area (Å²) in [6, 6.07) is 6.06. The molecule has 0 atom stereocenters. The van der Waals surface area contributed by atoms with Crippen LogP contribution in [0.5, 0.6) is 0 Å². The molecule has 2 heterocycles. The van der Waals surface area contributed by atoms with E-state index in [-0.39, 0.29) is 0 Å². The zero-order valence-electron chi connectivity index (χ0n) is 21.4. The number of anilines is 3. The summed E-state index contributed by atoms with van der Waals surface area (Å²) in [7, 11) is 0. The van der Waals surface area contributed by atoms with E-state index < -0.39 is 11.7 Å². The minimum atomic E-state index is -4.38. The van der Waals surface area contributed by atoms with Gasteiger partial charge in [-0.2, -0.15) is 23.1 Å². The summed E-state index contributed by atoms with van der Waals surface area (Å²) in [5.74, 6) is 0.948. The molecule has 1 aromatic carbocycles. The van der Waals surface area contributed by atoms with Crippen LogP contribution < -0.4 is 10.6 Å². The van der Waals surface area contributed by atoms with Crippen molar-refractivity contribution in [3.63, 3.8) is 0 Å². The van der Waals surface area contributed by atoms with E-state index in [1.54, 1.807) is 0 Å². The minimum absolute atomic E-state index is 0.326. The second-order valence-electron chi connectivity index (χ2n) is 10.1. The summed E-state index contributed by atoms with van der Waals surface area (Å²) in [6.07, 6.45) is 3.23. The Bertz CT molecular complexity index is 1120. The molecule has 2 N–H and O–H groups in total. The average Bonchev–Trinajstić information content (AvgIpc) is 3.26. The molecule has 36 heavy (non-hydrogen) atoms. The van der Waals surface area contributed by atoms with Crippen molar-refractivity contribution in [1.82, 2.24) is 24.4 Å². The number of nitrogens with zero attached hydrogens (tertiary/aromatic N) is 5. The lowest BCUT2D eigenvalue weighted by Crippen LogP contribution is -2.40. The Balaban J connectivity index is 1.62. The number of aromatic nitrogens is 4. The predicted molar refractivity (Wildman–Crippen MR) is 138 cm³/mol. The molecule has 7 nitrogen and oxygen atoms in total. The van der Waals surface area contributed by atoms with Gasteiger partial charge in [-0.05, 0) is 64.8 Å². The number of fused-ring (bicyclic) bond motifs is 1. The first-order chi connectivity index (χ1) is 17.1. The van der Waals surface area contributed by atoms with Crippen molar-refractivity contribution in [3.05, 3.63) is 36.2 Å². The van der Waals surface area contributed by atoms with E-state index in [2.05, 4.69) is 57.8 Å². The van der Waals surface area contributed by atoms with Crippen LogP contribution in [-0.4, -0.2) is 49.6 Å². The molecule has 1 aliphatic carbocycles. The molecule has 0 aliphatic heterocycles. The smallest absolute Gasteiger partial charge is 0.367 e. The second kappa shape index (κ2) is 11.0. The van der Waals surface area contributed by atoms with Gasteiger partial charge in [-0.3, -0.25) is 4.90 Å². The lowest BCUT2D eigenvalue weighted by atomic mass is 9.95. The van der Waals surface area contributed by atoms with Crippen LogP contribution in [0.4, 0.5) is 30.6 Å². The number of benzene rings is 1. The molecule has 196 valence electrons. The topological polar surface area (TPSA) is 70.9 Å². The zero-order valence-corrected chi connectivity index (χ0v) is 21.4. The molecular formula is C26H36F3N7. The Kier molecular flexibility index (Phi) is 8.02. The van der Waals surface area contributed by atoms with Crippen LogP contribution in [0.25, 0.3) is 11.2 Å². The van der Waals surface area contributed by atoms with Gasteiger partial charge in [-0.25, -0.2) is 4.98 Å². The van der Waals surface area contributed by atoms with Crippen molar-refractivity contribution in [2.45, 2.75) is 84.1 Å². The highest BCUT2D eigenvalue weighted by molar-refractivity contribution is 5.84. The molecule has 1 saturated carbocycles. The van der Waals surface area contributed by atoms with Crippen LogP contribution in [0.1, 0.15) is 71.4 Å². The van der Waals surface area contributed by atoms with Gasteiger partial charge in [0.25, 0.3) is 0 Å². The van der Waals surface area contributed by atoms with Crippen molar-refractivity contribution in [2.24, 2.45) is 0 Å². The Morgan fingerprint density at radius 3 is 2.28 bits per heavy atom. The summed E-state index contributed by atoms with van der Waals surface area (Å²) in [6.45, 7) is 10.2. The van der Waals surface area contributed by atoms with Crippen LogP contribution >= 0.6 is 0 Å². The highest BCUT2D eigenvalue weighted by atomic mass is 19.4. The average molecular weight is 504 g/mol. The first-order valence-corrected chi connectivity index (χ1v) is 12.8. The fourth-order valence-corrected chi connectivity index (χ4v) is 5.01. The van der Waals surface area contributed by atoms with E-state index in [1.165, 1.54) is 31.4 Å². The summed E-state index contributed by atoms with van der Waals surface area (Å²) in [4.78, 5) is 16.5. The van der Waals surface area contributed by atoms with E-state index >= 15 is 0 Å². The first-order valence-electron chi connectivity index (χ1n) is 12.8. The SMILES string of the molecule is CC(C)N(CCNc1nc(Nc2ccc(C(F)(F)F)cc2)nc2c1ncn2C1CCCCC1)C(C)C. The monoisotopic (exact) mass is 503 g/mol. The van der Waals surface area contributed by atoms with Gasteiger partial charge in [0.2, 0.25) is 5.95 Å². The van der Waals surface area contributed by atoms with Crippen molar-refractivity contribution < 1.29 is 13.2 Å². The normalized spacial score (nSPS) is 15.4. The minimum Gasteiger partial charge on any atom is -0.367 e. The maximum absolute atomic E-state index is 13.0. The molecule has 0 bridgehead atoms. The van der Waals surface area contributed by atoms with E-state index in [1.807, 2.05) is 6.33 Å². The van der Waals surface area contributed by atoms with Gasteiger partial charge in [0.1, 0.15) is 0 Å². The number of nitrogens with one attached hydrogen (secondary N) is 2. The van der Waals surface area contributed by atoms with Gasteiger partial charge in [0.15, 0.2) is 17.0 Å². The largest absolute Gasteiger partial charge is 0.416 e. The van der Waals surface area contributed by atoms with Gasteiger partial charge in [0, 0.05) is 36.9 Å². The molecule has 10 heteroatoms. The summed E-state index contributed by atoms with van der Waals surface area (Å²) in [5, 5.41) is 6.53. The highest BCUT2D eigenvalue weighted by Crippen LogP contribution is 2.33. The Morgan fingerprint density at radius 2 is 1.67 bits per heavy atom.